The first-order chi connectivity index (χ1) is 16.1. The van der Waals surface area contributed by atoms with Crippen LogP contribution < -0.4 is 0 Å². The molecule has 0 radical (unpaired) electrons. The first-order valence-electron chi connectivity index (χ1n) is 10.6. The molecule has 1 heterocycles. The molecule has 0 saturated heterocycles. The molecule has 4 aromatic rings. The van der Waals surface area contributed by atoms with Gasteiger partial charge >= 0.3 is 33.3 Å². The molecule has 33 heavy (non-hydrogen) atoms. The van der Waals surface area contributed by atoms with Crippen LogP contribution in [0.2, 0.25) is 0 Å². The van der Waals surface area contributed by atoms with E-state index in [4.69, 9.17) is 30.2 Å². The fourth-order valence-corrected chi connectivity index (χ4v) is 4.11. The molecule has 0 saturated carbocycles. The van der Waals surface area contributed by atoms with E-state index in [0.717, 1.165) is 33.9 Å². The van der Waals surface area contributed by atoms with Crippen LogP contribution in [-0.2, 0) is 19.7 Å². The van der Waals surface area contributed by atoms with Crippen LogP contribution in [0.3, 0.4) is 0 Å². The van der Waals surface area contributed by atoms with E-state index in [9.17, 15) is 0 Å². The topological polar surface area (TPSA) is 37.6 Å². The summed E-state index contributed by atoms with van der Waals surface area (Å²) in [7, 11) is 9.53. The number of nitrogens with zero attached hydrogens (tertiary/aromatic N) is 3. The Morgan fingerprint density at radius 2 is 1.48 bits per heavy atom. The second-order valence-electron chi connectivity index (χ2n) is 7.92. The number of halogens is 2. The van der Waals surface area contributed by atoms with Crippen molar-refractivity contribution in [2.24, 2.45) is 9.98 Å². The molecule has 168 valence electrons. The first-order valence-corrected chi connectivity index (χ1v) is 13.7. The van der Waals surface area contributed by atoms with Crippen molar-refractivity contribution in [3.8, 4) is 0 Å². The Hall–Kier alpha value is -2.49. The van der Waals surface area contributed by atoms with Crippen LogP contribution >= 0.6 is 20.2 Å². The molecular weight excluding hydrogens is 493 g/mol. The molecule has 0 N–H and O–H groups in total. The van der Waals surface area contributed by atoms with Crippen LogP contribution in [0.25, 0.3) is 10.8 Å². The second-order valence-corrected chi connectivity index (χ2v) is 9.74. The summed E-state index contributed by atoms with van der Waals surface area (Å²) < 4.78 is 0. The van der Waals surface area contributed by atoms with E-state index < -0.39 is 0 Å². The SMILES string of the molecule is CC(C)c1ccccc1N=C1C(=NCc2ccccn2)c2cccc3cccc1c23.[Cl][Fe][Cl]. The summed E-state index contributed by atoms with van der Waals surface area (Å²) >= 11 is 0.194. The average Bonchev–Trinajstić information content (AvgIpc) is 3.13. The third-order valence-electron chi connectivity index (χ3n) is 5.56. The van der Waals surface area contributed by atoms with Gasteiger partial charge in [-0.1, -0.05) is 74.5 Å². The minimum atomic E-state index is 0.194. The van der Waals surface area contributed by atoms with E-state index in [1.165, 1.54) is 16.3 Å². The third kappa shape index (κ3) is 5.20. The Morgan fingerprint density at radius 3 is 2.15 bits per heavy atom. The van der Waals surface area contributed by atoms with E-state index in [0.29, 0.717) is 12.5 Å². The summed E-state index contributed by atoms with van der Waals surface area (Å²) in [6, 6.07) is 27.2. The Labute approximate surface area is 209 Å². The van der Waals surface area contributed by atoms with Gasteiger partial charge in [0, 0.05) is 22.7 Å². The minimum absolute atomic E-state index is 0.194. The quantitative estimate of drug-likeness (QED) is 0.255. The summed E-state index contributed by atoms with van der Waals surface area (Å²) in [6.45, 7) is 4.95. The number of benzene rings is 3. The molecule has 0 unspecified atom stereocenters. The number of aliphatic imine (C=N–C) groups is 2. The predicted molar refractivity (Wildman–Crippen MR) is 137 cm³/mol. The van der Waals surface area contributed by atoms with Crippen LogP contribution in [0.1, 0.15) is 42.1 Å². The fraction of sp³-hybridized carbons (Fsp3) is 0.148. The number of hydrogen-bond acceptors (Lipinski definition) is 3. The molecule has 5 rings (SSSR count). The van der Waals surface area contributed by atoms with Crippen LogP contribution in [0.15, 0.2) is 95.0 Å². The van der Waals surface area contributed by atoms with Gasteiger partial charge in [-0.2, -0.15) is 0 Å². The van der Waals surface area contributed by atoms with Crippen molar-refractivity contribution in [3.05, 3.63) is 107 Å². The number of rotatable bonds is 4. The second kappa shape index (κ2) is 11.1. The monoisotopic (exact) mass is 515 g/mol. The van der Waals surface area contributed by atoms with E-state index >= 15 is 0 Å². The Morgan fingerprint density at radius 1 is 0.818 bits per heavy atom. The van der Waals surface area contributed by atoms with E-state index in [1.807, 2.05) is 24.4 Å². The molecule has 0 atom stereocenters. The van der Waals surface area contributed by atoms with Crippen LogP contribution in [0.5, 0.6) is 0 Å². The molecule has 0 bridgehead atoms. The van der Waals surface area contributed by atoms with Gasteiger partial charge in [0.2, 0.25) is 0 Å². The van der Waals surface area contributed by atoms with Gasteiger partial charge in [0.05, 0.1) is 29.3 Å². The van der Waals surface area contributed by atoms with Crippen LogP contribution in [-0.4, -0.2) is 16.4 Å². The van der Waals surface area contributed by atoms with E-state index in [1.54, 1.807) is 0 Å². The molecule has 1 aliphatic carbocycles. The summed E-state index contributed by atoms with van der Waals surface area (Å²) in [4.78, 5) is 14.6. The molecule has 1 aromatic heterocycles. The fourth-order valence-electron chi connectivity index (χ4n) is 4.11. The van der Waals surface area contributed by atoms with Gasteiger partial charge in [-0.25, -0.2) is 4.99 Å². The maximum atomic E-state index is 5.18. The normalized spacial score (nSPS) is 14.8. The van der Waals surface area contributed by atoms with Crippen LogP contribution in [0.4, 0.5) is 5.69 Å². The summed E-state index contributed by atoms with van der Waals surface area (Å²) in [5.41, 5.74) is 7.42. The Balaban J connectivity index is 0.000000821. The predicted octanol–water partition coefficient (Wildman–Crippen LogP) is 7.86. The molecule has 0 fully saturated rings. The van der Waals surface area contributed by atoms with Crippen molar-refractivity contribution >= 4 is 48.1 Å². The molecular formula is C27H23Cl2FeN3. The summed E-state index contributed by atoms with van der Waals surface area (Å²) in [5.74, 6) is 0.402. The molecule has 0 aliphatic heterocycles. The van der Waals surface area contributed by atoms with Crippen molar-refractivity contribution in [1.29, 1.82) is 0 Å². The zero-order valence-electron chi connectivity index (χ0n) is 18.3. The van der Waals surface area contributed by atoms with Gasteiger partial charge in [-0.3, -0.25) is 9.98 Å². The van der Waals surface area contributed by atoms with Crippen molar-refractivity contribution in [2.45, 2.75) is 26.3 Å². The summed E-state index contributed by atoms with van der Waals surface area (Å²) in [6.07, 6.45) is 1.81. The van der Waals surface area contributed by atoms with E-state index in [2.05, 4.69) is 79.5 Å². The van der Waals surface area contributed by atoms with Gasteiger partial charge in [0.15, 0.2) is 0 Å². The number of aromatic nitrogens is 1. The Bertz CT molecular complexity index is 1310. The number of hydrogen-bond donors (Lipinski definition) is 0. The number of pyridine rings is 1. The van der Waals surface area contributed by atoms with Crippen molar-refractivity contribution < 1.29 is 13.1 Å². The molecule has 0 amide bonds. The zero-order valence-corrected chi connectivity index (χ0v) is 20.9. The molecule has 0 spiro atoms. The van der Waals surface area contributed by atoms with Gasteiger partial charge in [-0.05, 0) is 35.1 Å². The first kappa shape index (κ1) is 23.7. The van der Waals surface area contributed by atoms with Crippen LogP contribution in [0, 0.1) is 0 Å². The molecule has 6 heteroatoms. The molecule has 1 aliphatic rings. The Kier molecular flexibility index (Phi) is 7.95. The third-order valence-corrected chi connectivity index (χ3v) is 5.56. The van der Waals surface area contributed by atoms with Crippen molar-refractivity contribution in [1.82, 2.24) is 4.98 Å². The average molecular weight is 516 g/mol. The van der Waals surface area contributed by atoms with E-state index in [-0.39, 0.29) is 13.1 Å². The molecule has 3 aromatic carbocycles. The maximum absolute atomic E-state index is 5.18. The van der Waals surface area contributed by atoms with Gasteiger partial charge in [0.1, 0.15) is 0 Å². The van der Waals surface area contributed by atoms with Gasteiger partial charge in [-0.15, -0.1) is 0 Å². The number of para-hydroxylation sites is 1. The van der Waals surface area contributed by atoms with Crippen molar-refractivity contribution in [3.63, 3.8) is 0 Å². The standard InChI is InChI=1S/C27H23N3.2ClH.Fe/c1-18(2)21-12-3-4-15-24(21)30-27-23-14-8-10-19-9-7-13-22(25(19)23)26(27)29-17-20-11-5-6-16-28-20;;;/h3-16,18H,17H2,1-2H3;2*1H;/q;;;+2/p-2. The van der Waals surface area contributed by atoms with Crippen molar-refractivity contribution in [2.75, 3.05) is 0 Å². The van der Waals surface area contributed by atoms with Gasteiger partial charge in [0.25, 0.3) is 0 Å². The van der Waals surface area contributed by atoms with Gasteiger partial charge < -0.3 is 0 Å². The molecule has 3 nitrogen and oxygen atoms in total. The zero-order chi connectivity index (χ0) is 23.2. The summed E-state index contributed by atoms with van der Waals surface area (Å²) in [5, 5.41) is 2.46.